The van der Waals surface area contributed by atoms with Gasteiger partial charge in [0.1, 0.15) is 13.2 Å². The largest absolute Gasteiger partial charge is 0.462 e. The molecule has 0 radical (unpaired) electrons. The molecule has 1 atom stereocenters. The van der Waals surface area contributed by atoms with Crippen molar-refractivity contribution in [3.05, 3.63) is 97.2 Å². The van der Waals surface area contributed by atoms with Gasteiger partial charge in [-0.1, -0.05) is 227 Å². The van der Waals surface area contributed by atoms with Gasteiger partial charge >= 0.3 is 17.9 Å². The molecule has 0 bridgehead atoms. The summed E-state index contributed by atoms with van der Waals surface area (Å²) in [6.45, 7) is 6.35. The Bertz CT molecular complexity index is 1310. The number of rotatable bonds is 47. The first-order valence-electron chi connectivity index (χ1n) is 26.7. The molecule has 0 fully saturated rings. The van der Waals surface area contributed by atoms with Crippen LogP contribution < -0.4 is 0 Å². The molecule has 0 N–H and O–H groups in total. The molecule has 0 aromatic heterocycles. The van der Waals surface area contributed by atoms with Gasteiger partial charge in [-0.3, -0.25) is 14.4 Å². The smallest absolute Gasteiger partial charge is 0.306 e. The topological polar surface area (TPSA) is 78.9 Å². The lowest BCUT2D eigenvalue weighted by atomic mass is 10.0. The summed E-state index contributed by atoms with van der Waals surface area (Å²) in [6, 6.07) is 0. The number of hydrogen-bond acceptors (Lipinski definition) is 6. The molecule has 6 heteroatoms. The van der Waals surface area contributed by atoms with Gasteiger partial charge in [0.05, 0.1) is 0 Å². The highest BCUT2D eigenvalue weighted by Gasteiger charge is 2.19. The third-order valence-corrected chi connectivity index (χ3v) is 11.1. The van der Waals surface area contributed by atoms with Crippen molar-refractivity contribution in [2.45, 2.75) is 245 Å². The first-order valence-corrected chi connectivity index (χ1v) is 26.7. The summed E-state index contributed by atoms with van der Waals surface area (Å²) in [5.41, 5.74) is 0. The van der Waals surface area contributed by atoms with Crippen LogP contribution in [-0.2, 0) is 28.6 Å². The Morgan fingerprint density at radius 2 is 0.615 bits per heavy atom. The fraction of sp³-hybridized carbons (Fsp3) is 0.678. The molecule has 0 aromatic rings. The number of carbonyl (C=O) groups is 3. The van der Waals surface area contributed by atoms with Crippen LogP contribution in [0.15, 0.2) is 97.2 Å². The first-order chi connectivity index (χ1) is 32.0. The summed E-state index contributed by atoms with van der Waals surface area (Å²) < 4.78 is 16.8. The minimum Gasteiger partial charge on any atom is -0.462 e. The van der Waals surface area contributed by atoms with Gasteiger partial charge in [0.2, 0.25) is 0 Å². The van der Waals surface area contributed by atoms with E-state index in [0.717, 1.165) is 116 Å². The van der Waals surface area contributed by atoms with Gasteiger partial charge in [0, 0.05) is 19.3 Å². The van der Waals surface area contributed by atoms with Gasteiger partial charge in [0.25, 0.3) is 0 Å². The number of unbranched alkanes of at least 4 members (excludes halogenated alkanes) is 20. The third kappa shape index (κ3) is 51.2. The molecule has 0 amide bonds. The van der Waals surface area contributed by atoms with Crippen molar-refractivity contribution < 1.29 is 28.6 Å². The number of carbonyl (C=O) groups excluding carboxylic acids is 3. The first kappa shape index (κ1) is 61.3. The fourth-order valence-corrected chi connectivity index (χ4v) is 7.14. The molecular weight excluding hydrogens is 805 g/mol. The van der Waals surface area contributed by atoms with E-state index in [9.17, 15) is 14.4 Å². The van der Waals surface area contributed by atoms with E-state index < -0.39 is 6.10 Å². The van der Waals surface area contributed by atoms with E-state index in [-0.39, 0.29) is 37.5 Å². The summed E-state index contributed by atoms with van der Waals surface area (Å²) in [4.78, 5) is 38.0. The van der Waals surface area contributed by atoms with Crippen LogP contribution in [-0.4, -0.2) is 37.2 Å². The van der Waals surface area contributed by atoms with Crippen molar-refractivity contribution in [3.8, 4) is 0 Å². The fourth-order valence-electron chi connectivity index (χ4n) is 7.14. The van der Waals surface area contributed by atoms with E-state index in [2.05, 4.69) is 118 Å². The Hall–Kier alpha value is -3.67. The molecule has 0 unspecified atom stereocenters. The highest BCUT2D eigenvalue weighted by molar-refractivity contribution is 5.71. The van der Waals surface area contributed by atoms with Crippen molar-refractivity contribution in [1.82, 2.24) is 0 Å². The molecular formula is C59H98O6. The van der Waals surface area contributed by atoms with E-state index in [0.29, 0.717) is 19.3 Å². The predicted octanol–water partition coefficient (Wildman–Crippen LogP) is 17.8. The lowest BCUT2D eigenvalue weighted by Gasteiger charge is -2.18. The Morgan fingerprint density at radius 3 is 1.00 bits per heavy atom. The molecule has 0 saturated heterocycles. The second kappa shape index (κ2) is 52.9. The highest BCUT2D eigenvalue weighted by Crippen LogP contribution is 2.15. The van der Waals surface area contributed by atoms with Crippen molar-refractivity contribution in [2.75, 3.05) is 13.2 Å². The normalized spacial score (nSPS) is 12.8. The molecule has 0 aliphatic rings. The van der Waals surface area contributed by atoms with Crippen molar-refractivity contribution in [1.29, 1.82) is 0 Å². The number of esters is 3. The van der Waals surface area contributed by atoms with Gasteiger partial charge in [-0.2, -0.15) is 0 Å². The zero-order valence-electron chi connectivity index (χ0n) is 42.2. The van der Waals surface area contributed by atoms with Crippen LogP contribution >= 0.6 is 0 Å². The summed E-state index contributed by atoms with van der Waals surface area (Å²) >= 11 is 0. The third-order valence-electron chi connectivity index (χ3n) is 11.1. The van der Waals surface area contributed by atoms with Crippen LogP contribution in [0.5, 0.6) is 0 Å². The molecule has 0 aromatic carbocycles. The molecule has 0 saturated carbocycles. The maximum absolute atomic E-state index is 12.8. The monoisotopic (exact) mass is 903 g/mol. The van der Waals surface area contributed by atoms with Gasteiger partial charge in [-0.15, -0.1) is 0 Å². The Morgan fingerprint density at radius 1 is 0.323 bits per heavy atom. The standard InChI is InChI=1S/C59H98O6/c1-4-7-10-13-16-19-22-25-28-29-32-34-37-40-43-46-49-52-58(61)64-55-56(65-59(62)53-50-47-44-41-38-35-31-27-24-21-18-15-12-9-6-3)54-63-57(60)51-48-45-42-39-36-33-30-26-23-20-17-14-11-8-5-2/h7,9-10,12,16,18-19,21,25,27-28,31-32,34,40,43,56H,4-6,8,11,13-15,17,20,22-24,26,29-30,33,35-39,41-42,44-55H2,1-3H3/b10-7+,12-9+,19-16+,21-18+,28-25+,31-27+,34-32+,43-40+/t56-/m1/s1. The SMILES string of the molecule is CC/C=C/C/C=C/C/C=C/C/C=C/C/C=C/CCCC(=O)OC[C@@H](COC(=O)CCCCCCCCCCCCCCCCC)OC(=O)CCCCCCC/C=C/C/C=C/C/C=C/CC. The van der Waals surface area contributed by atoms with Crippen LogP contribution in [0.3, 0.4) is 0 Å². The molecule has 0 heterocycles. The lowest BCUT2D eigenvalue weighted by molar-refractivity contribution is -0.167. The van der Waals surface area contributed by atoms with Crippen LogP contribution in [0.25, 0.3) is 0 Å². The van der Waals surface area contributed by atoms with Crippen molar-refractivity contribution >= 4 is 17.9 Å². The zero-order valence-corrected chi connectivity index (χ0v) is 42.2. The molecule has 0 spiro atoms. The van der Waals surface area contributed by atoms with Crippen LogP contribution in [0.1, 0.15) is 239 Å². The van der Waals surface area contributed by atoms with Crippen molar-refractivity contribution in [2.24, 2.45) is 0 Å². The highest BCUT2D eigenvalue weighted by atomic mass is 16.6. The molecule has 0 rings (SSSR count). The quantitative estimate of drug-likeness (QED) is 0.0262. The average molecular weight is 903 g/mol. The molecule has 370 valence electrons. The molecule has 6 nitrogen and oxygen atoms in total. The summed E-state index contributed by atoms with van der Waals surface area (Å²) in [7, 11) is 0. The van der Waals surface area contributed by atoms with E-state index in [1.807, 2.05) is 0 Å². The second-order valence-electron chi connectivity index (χ2n) is 17.4. The Kier molecular flexibility index (Phi) is 50.0. The predicted molar refractivity (Wildman–Crippen MR) is 279 cm³/mol. The van der Waals surface area contributed by atoms with Crippen LogP contribution in [0, 0.1) is 0 Å². The summed E-state index contributed by atoms with van der Waals surface area (Å²) in [6.07, 6.45) is 69.7. The Labute approximate surface area is 400 Å². The lowest BCUT2D eigenvalue weighted by Crippen LogP contribution is -2.30. The van der Waals surface area contributed by atoms with Crippen molar-refractivity contribution in [3.63, 3.8) is 0 Å². The van der Waals surface area contributed by atoms with Crippen LogP contribution in [0.2, 0.25) is 0 Å². The summed E-state index contributed by atoms with van der Waals surface area (Å²) in [5, 5.41) is 0. The average Bonchev–Trinajstić information content (AvgIpc) is 3.30. The van der Waals surface area contributed by atoms with Gasteiger partial charge in [-0.25, -0.2) is 0 Å². The molecule has 0 aliphatic carbocycles. The number of allylic oxidation sites excluding steroid dienone is 16. The van der Waals surface area contributed by atoms with Gasteiger partial charge < -0.3 is 14.2 Å². The van der Waals surface area contributed by atoms with E-state index in [1.165, 1.54) is 77.0 Å². The molecule has 0 aliphatic heterocycles. The zero-order chi connectivity index (χ0) is 47.2. The van der Waals surface area contributed by atoms with Crippen LogP contribution in [0.4, 0.5) is 0 Å². The minimum absolute atomic E-state index is 0.101. The van der Waals surface area contributed by atoms with E-state index in [1.54, 1.807) is 0 Å². The van der Waals surface area contributed by atoms with Gasteiger partial charge in [-0.05, 0) is 89.9 Å². The minimum atomic E-state index is -0.808. The molecule has 65 heavy (non-hydrogen) atoms. The van der Waals surface area contributed by atoms with E-state index in [4.69, 9.17) is 14.2 Å². The number of ether oxygens (including phenoxy) is 3. The Balaban J connectivity index is 4.50. The summed E-state index contributed by atoms with van der Waals surface area (Å²) in [5.74, 6) is -0.979. The maximum Gasteiger partial charge on any atom is 0.306 e. The van der Waals surface area contributed by atoms with E-state index >= 15 is 0 Å². The maximum atomic E-state index is 12.8. The number of hydrogen-bond donors (Lipinski definition) is 0. The second-order valence-corrected chi connectivity index (χ2v) is 17.4. The van der Waals surface area contributed by atoms with Gasteiger partial charge in [0.15, 0.2) is 6.10 Å².